The summed E-state index contributed by atoms with van der Waals surface area (Å²) in [5, 5.41) is 11.7. The van der Waals surface area contributed by atoms with Crippen LogP contribution >= 0.6 is 0 Å². The number of hydrogen-bond donors (Lipinski definition) is 2. The van der Waals surface area contributed by atoms with Crippen molar-refractivity contribution in [2.24, 2.45) is 5.41 Å². The largest absolute Gasteiger partial charge is 0.481 e. The van der Waals surface area contributed by atoms with Crippen molar-refractivity contribution < 1.29 is 14.7 Å². The van der Waals surface area contributed by atoms with E-state index < -0.39 is 11.4 Å². The van der Waals surface area contributed by atoms with Crippen molar-refractivity contribution in [1.29, 1.82) is 0 Å². The number of carboxylic acid groups (broad SMARTS) is 1. The van der Waals surface area contributed by atoms with Crippen LogP contribution in [0.5, 0.6) is 0 Å². The van der Waals surface area contributed by atoms with Crippen LogP contribution < -0.4 is 5.32 Å². The van der Waals surface area contributed by atoms with E-state index in [0.29, 0.717) is 6.54 Å². The molecular formula is C16H23NO3. The molecule has 1 amide bonds. The van der Waals surface area contributed by atoms with Gasteiger partial charge in [0, 0.05) is 13.0 Å². The molecule has 0 bridgehead atoms. The van der Waals surface area contributed by atoms with E-state index in [1.54, 1.807) is 13.8 Å². The van der Waals surface area contributed by atoms with Gasteiger partial charge in [-0.1, -0.05) is 37.6 Å². The molecule has 4 heteroatoms. The van der Waals surface area contributed by atoms with Crippen LogP contribution in [0.25, 0.3) is 0 Å². The van der Waals surface area contributed by atoms with E-state index >= 15 is 0 Å². The molecule has 0 spiro atoms. The van der Waals surface area contributed by atoms with Gasteiger partial charge in [-0.15, -0.1) is 0 Å². The molecule has 110 valence electrons. The van der Waals surface area contributed by atoms with Gasteiger partial charge in [0.05, 0.1) is 6.42 Å². The predicted molar refractivity (Wildman–Crippen MR) is 78.4 cm³/mol. The highest BCUT2D eigenvalue weighted by molar-refractivity contribution is 5.77. The van der Waals surface area contributed by atoms with Crippen LogP contribution in [-0.2, 0) is 16.1 Å². The number of rotatable bonds is 6. The Hall–Kier alpha value is -1.84. The molecule has 0 saturated carbocycles. The lowest BCUT2D eigenvalue weighted by Crippen LogP contribution is -2.30. The molecule has 2 N–H and O–H groups in total. The highest BCUT2D eigenvalue weighted by atomic mass is 16.4. The normalized spacial score (nSPS) is 11.2. The Morgan fingerprint density at radius 3 is 2.40 bits per heavy atom. The van der Waals surface area contributed by atoms with Crippen LogP contribution in [0.1, 0.15) is 43.4 Å². The first-order valence-corrected chi connectivity index (χ1v) is 6.74. The number of carbonyl (C=O) groups excluding carboxylic acids is 1. The minimum Gasteiger partial charge on any atom is -0.481 e. The Labute approximate surface area is 120 Å². The van der Waals surface area contributed by atoms with E-state index in [9.17, 15) is 9.59 Å². The smallest absolute Gasteiger partial charge is 0.303 e. The van der Waals surface area contributed by atoms with Gasteiger partial charge in [0.2, 0.25) is 5.91 Å². The molecule has 4 nitrogen and oxygen atoms in total. The summed E-state index contributed by atoms with van der Waals surface area (Å²) >= 11 is 0. The first kappa shape index (κ1) is 16.2. The Bertz CT molecular complexity index is 506. The van der Waals surface area contributed by atoms with Gasteiger partial charge in [0.15, 0.2) is 0 Å². The minimum absolute atomic E-state index is 0.00994. The second-order valence-electron chi connectivity index (χ2n) is 6.12. The summed E-state index contributed by atoms with van der Waals surface area (Å²) in [4.78, 5) is 22.6. The molecule has 0 aliphatic carbocycles. The van der Waals surface area contributed by atoms with Crippen molar-refractivity contribution in [2.75, 3.05) is 0 Å². The van der Waals surface area contributed by atoms with Crippen molar-refractivity contribution >= 4 is 11.9 Å². The highest BCUT2D eigenvalue weighted by Crippen LogP contribution is 2.24. The number of nitrogens with one attached hydrogen (secondary N) is 1. The maximum atomic E-state index is 11.9. The molecule has 0 aliphatic heterocycles. The molecule has 1 aromatic carbocycles. The second-order valence-corrected chi connectivity index (χ2v) is 6.12. The van der Waals surface area contributed by atoms with Crippen LogP contribution in [0.3, 0.4) is 0 Å². The molecule has 0 saturated heterocycles. The number of benzene rings is 1. The molecule has 0 unspecified atom stereocenters. The summed E-state index contributed by atoms with van der Waals surface area (Å²) in [6.07, 6.45) is 0.203. The van der Waals surface area contributed by atoms with Gasteiger partial charge in [-0.3, -0.25) is 9.59 Å². The molecule has 0 aliphatic rings. The molecular weight excluding hydrogens is 254 g/mol. The fourth-order valence-corrected chi connectivity index (χ4v) is 2.21. The number of hydrogen-bond acceptors (Lipinski definition) is 2. The van der Waals surface area contributed by atoms with E-state index in [1.807, 2.05) is 26.0 Å². The van der Waals surface area contributed by atoms with Gasteiger partial charge in [-0.25, -0.2) is 0 Å². The zero-order chi connectivity index (χ0) is 15.3. The average Bonchev–Trinajstić information content (AvgIpc) is 2.24. The van der Waals surface area contributed by atoms with Crippen LogP contribution in [-0.4, -0.2) is 17.0 Å². The number of aryl methyl sites for hydroxylation is 2. The third kappa shape index (κ3) is 5.43. The number of aliphatic carboxylic acids is 1. The highest BCUT2D eigenvalue weighted by Gasteiger charge is 2.25. The summed E-state index contributed by atoms with van der Waals surface area (Å²) in [6.45, 7) is 8.11. The van der Waals surface area contributed by atoms with E-state index in [1.165, 1.54) is 5.56 Å². The van der Waals surface area contributed by atoms with Crippen LogP contribution in [0.2, 0.25) is 0 Å². The molecule has 1 rings (SSSR count). The summed E-state index contributed by atoms with van der Waals surface area (Å²) < 4.78 is 0. The fourth-order valence-electron chi connectivity index (χ4n) is 2.21. The van der Waals surface area contributed by atoms with Gasteiger partial charge in [-0.2, -0.15) is 0 Å². The summed E-state index contributed by atoms with van der Waals surface area (Å²) in [6, 6.07) is 6.10. The van der Waals surface area contributed by atoms with Gasteiger partial charge in [0.25, 0.3) is 0 Å². The lowest BCUT2D eigenvalue weighted by molar-refractivity contribution is -0.139. The average molecular weight is 277 g/mol. The quantitative estimate of drug-likeness (QED) is 0.840. The second kappa shape index (κ2) is 6.55. The summed E-state index contributed by atoms with van der Waals surface area (Å²) in [5.74, 6) is -0.992. The van der Waals surface area contributed by atoms with Gasteiger partial charge in [0.1, 0.15) is 0 Å². The third-order valence-corrected chi connectivity index (χ3v) is 3.24. The van der Waals surface area contributed by atoms with Gasteiger partial charge < -0.3 is 10.4 Å². The van der Waals surface area contributed by atoms with Gasteiger partial charge >= 0.3 is 5.97 Å². The molecule has 20 heavy (non-hydrogen) atoms. The van der Waals surface area contributed by atoms with E-state index in [4.69, 9.17) is 5.11 Å². The predicted octanol–water partition coefficient (Wildman–Crippen LogP) is 2.81. The summed E-state index contributed by atoms with van der Waals surface area (Å²) in [7, 11) is 0. The zero-order valence-electron chi connectivity index (χ0n) is 12.6. The maximum absolute atomic E-state index is 11.9. The minimum atomic E-state index is -0.878. The van der Waals surface area contributed by atoms with Crippen LogP contribution in [0, 0.1) is 19.3 Å². The Morgan fingerprint density at radius 2 is 1.85 bits per heavy atom. The van der Waals surface area contributed by atoms with Crippen LogP contribution in [0.4, 0.5) is 0 Å². The van der Waals surface area contributed by atoms with Crippen molar-refractivity contribution in [1.82, 2.24) is 5.32 Å². The molecule has 0 fully saturated rings. The molecule has 0 atom stereocenters. The fraction of sp³-hybridized carbons (Fsp3) is 0.500. The Morgan fingerprint density at radius 1 is 1.20 bits per heavy atom. The Kier molecular flexibility index (Phi) is 5.31. The first-order valence-electron chi connectivity index (χ1n) is 6.74. The number of carbonyl (C=O) groups is 2. The first-order chi connectivity index (χ1) is 9.19. The maximum Gasteiger partial charge on any atom is 0.303 e. The standard InChI is InChI=1S/C16H23NO3/c1-11-5-6-13(12(2)7-11)10-17-14(18)8-16(3,4)9-15(19)20/h5-7H,8-10H2,1-4H3,(H,17,18)(H,19,20). The SMILES string of the molecule is Cc1ccc(CNC(=O)CC(C)(C)CC(=O)O)c(C)c1. The van der Waals surface area contributed by atoms with Crippen molar-refractivity contribution in [2.45, 2.75) is 47.1 Å². The lowest BCUT2D eigenvalue weighted by atomic mass is 9.85. The monoisotopic (exact) mass is 277 g/mol. The van der Waals surface area contributed by atoms with E-state index in [0.717, 1.165) is 11.1 Å². The van der Waals surface area contributed by atoms with Crippen molar-refractivity contribution in [3.8, 4) is 0 Å². The van der Waals surface area contributed by atoms with Crippen molar-refractivity contribution in [3.63, 3.8) is 0 Å². The lowest BCUT2D eigenvalue weighted by Gasteiger charge is -2.21. The summed E-state index contributed by atoms with van der Waals surface area (Å²) in [5.41, 5.74) is 2.90. The molecule has 0 radical (unpaired) electrons. The topological polar surface area (TPSA) is 66.4 Å². The molecule has 0 aromatic heterocycles. The molecule has 0 heterocycles. The molecule has 1 aromatic rings. The van der Waals surface area contributed by atoms with E-state index in [-0.39, 0.29) is 18.7 Å². The van der Waals surface area contributed by atoms with E-state index in [2.05, 4.69) is 11.4 Å². The Balaban J connectivity index is 2.53. The number of amides is 1. The van der Waals surface area contributed by atoms with Crippen molar-refractivity contribution in [3.05, 3.63) is 34.9 Å². The van der Waals surface area contributed by atoms with Gasteiger partial charge in [-0.05, 0) is 30.4 Å². The third-order valence-electron chi connectivity index (χ3n) is 3.24. The van der Waals surface area contributed by atoms with Crippen LogP contribution in [0.15, 0.2) is 18.2 Å². The number of carboxylic acids is 1. The zero-order valence-corrected chi connectivity index (χ0v) is 12.6.